The third-order valence-electron chi connectivity index (χ3n) is 4.22. The van der Waals surface area contributed by atoms with Gasteiger partial charge in [0.1, 0.15) is 11.4 Å². The van der Waals surface area contributed by atoms with Crippen LogP contribution >= 0.6 is 15.9 Å². The number of carbonyl (C=O) groups excluding carboxylic acids is 2. The predicted molar refractivity (Wildman–Crippen MR) is 114 cm³/mol. The Kier molecular flexibility index (Phi) is 6.19. The highest BCUT2D eigenvalue weighted by Crippen LogP contribution is 2.32. The monoisotopic (exact) mass is 442 g/mol. The van der Waals surface area contributed by atoms with Crippen molar-refractivity contribution in [1.29, 1.82) is 0 Å². The summed E-state index contributed by atoms with van der Waals surface area (Å²) in [4.78, 5) is 27.2. The van der Waals surface area contributed by atoms with Crippen molar-refractivity contribution in [3.05, 3.63) is 64.3 Å². The first kappa shape index (κ1) is 20.1. The summed E-state index contributed by atoms with van der Waals surface area (Å²) in [5.41, 5.74) is 2.11. The summed E-state index contributed by atoms with van der Waals surface area (Å²) < 4.78 is 6.56. The van der Waals surface area contributed by atoms with Gasteiger partial charge in [-0.3, -0.25) is 14.5 Å². The molecule has 0 saturated carbocycles. The maximum Gasteiger partial charge on any atom is 0.278 e. The highest BCUT2D eigenvalue weighted by molar-refractivity contribution is 9.10. The maximum atomic E-state index is 13.0. The van der Waals surface area contributed by atoms with E-state index in [0.717, 1.165) is 15.9 Å². The first-order valence-corrected chi connectivity index (χ1v) is 10.1. The van der Waals surface area contributed by atoms with Crippen molar-refractivity contribution in [2.75, 3.05) is 11.9 Å². The van der Waals surface area contributed by atoms with Crippen LogP contribution < -0.4 is 10.1 Å². The minimum absolute atomic E-state index is 0.0635. The van der Waals surface area contributed by atoms with Crippen LogP contribution in [0, 0.1) is 0 Å². The zero-order chi connectivity index (χ0) is 20.3. The first-order chi connectivity index (χ1) is 13.4. The van der Waals surface area contributed by atoms with Crippen molar-refractivity contribution in [3.63, 3.8) is 0 Å². The number of hydrogen-bond acceptors (Lipinski definition) is 4. The number of halogens is 1. The van der Waals surface area contributed by atoms with E-state index < -0.39 is 0 Å². The topological polar surface area (TPSA) is 58.6 Å². The van der Waals surface area contributed by atoms with Crippen molar-refractivity contribution in [2.45, 2.75) is 33.3 Å². The van der Waals surface area contributed by atoms with E-state index in [2.05, 4.69) is 21.2 Å². The molecule has 1 heterocycles. The molecule has 0 unspecified atom stereocenters. The van der Waals surface area contributed by atoms with E-state index in [1.54, 1.807) is 0 Å². The lowest BCUT2D eigenvalue weighted by Gasteiger charge is -2.14. The number of benzene rings is 2. The van der Waals surface area contributed by atoms with Crippen LogP contribution in [0.15, 0.2) is 58.7 Å². The minimum atomic E-state index is -0.302. The van der Waals surface area contributed by atoms with Crippen LogP contribution in [0.3, 0.4) is 0 Å². The van der Waals surface area contributed by atoms with Crippen molar-refractivity contribution in [1.82, 2.24) is 4.90 Å². The average molecular weight is 443 g/mol. The molecule has 0 fully saturated rings. The fraction of sp³-hybridized carbons (Fsp3) is 0.273. The quantitative estimate of drug-likeness (QED) is 0.623. The van der Waals surface area contributed by atoms with Crippen molar-refractivity contribution >= 4 is 39.0 Å². The van der Waals surface area contributed by atoms with Gasteiger partial charge in [-0.1, -0.05) is 41.1 Å². The molecule has 0 radical (unpaired) electrons. The smallest absolute Gasteiger partial charge is 0.278 e. The summed E-state index contributed by atoms with van der Waals surface area (Å²) in [6.07, 6.45) is 0.768. The highest BCUT2D eigenvalue weighted by Gasteiger charge is 2.38. The fourth-order valence-corrected chi connectivity index (χ4v) is 3.47. The van der Waals surface area contributed by atoms with Crippen LogP contribution in [0.1, 0.15) is 32.8 Å². The second-order valence-corrected chi connectivity index (χ2v) is 7.75. The van der Waals surface area contributed by atoms with Gasteiger partial charge in [0, 0.05) is 16.7 Å². The molecular weight excluding hydrogens is 420 g/mol. The lowest BCUT2D eigenvalue weighted by molar-refractivity contribution is -0.136. The lowest BCUT2D eigenvalue weighted by Crippen LogP contribution is -2.33. The van der Waals surface area contributed by atoms with Crippen LogP contribution in [0.2, 0.25) is 0 Å². The van der Waals surface area contributed by atoms with Gasteiger partial charge in [0.25, 0.3) is 11.8 Å². The number of ether oxygens (including phenoxy) is 1. The molecule has 0 atom stereocenters. The average Bonchev–Trinajstić information content (AvgIpc) is 2.87. The number of imide groups is 1. The van der Waals surface area contributed by atoms with Gasteiger partial charge in [-0.25, -0.2) is 0 Å². The zero-order valence-electron chi connectivity index (χ0n) is 16.2. The molecule has 1 aliphatic heterocycles. The van der Waals surface area contributed by atoms with Gasteiger partial charge in [0.2, 0.25) is 0 Å². The number of nitrogens with zero attached hydrogens (tertiary/aromatic N) is 1. The van der Waals surface area contributed by atoms with Gasteiger partial charge in [-0.05, 0) is 56.2 Å². The molecule has 28 heavy (non-hydrogen) atoms. The molecule has 2 aromatic rings. The Morgan fingerprint density at radius 2 is 1.79 bits per heavy atom. The molecule has 2 amide bonds. The Morgan fingerprint density at radius 1 is 1.07 bits per heavy atom. The van der Waals surface area contributed by atoms with Crippen molar-refractivity contribution in [2.24, 2.45) is 0 Å². The molecule has 146 valence electrons. The van der Waals surface area contributed by atoms with E-state index in [1.807, 2.05) is 69.3 Å². The van der Waals surface area contributed by atoms with Gasteiger partial charge < -0.3 is 10.1 Å². The van der Waals surface area contributed by atoms with E-state index in [-0.39, 0.29) is 17.9 Å². The van der Waals surface area contributed by atoms with Crippen LogP contribution in [0.25, 0.3) is 5.57 Å². The van der Waals surface area contributed by atoms with E-state index in [0.29, 0.717) is 29.8 Å². The van der Waals surface area contributed by atoms with Crippen LogP contribution in [0.5, 0.6) is 5.75 Å². The molecule has 0 aliphatic carbocycles. The summed E-state index contributed by atoms with van der Waals surface area (Å²) in [7, 11) is 0. The van der Waals surface area contributed by atoms with E-state index in [4.69, 9.17) is 4.74 Å². The number of carbonyl (C=O) groups is 2. The minimum Gasteiger partial charge on any atom is -0.491 e. The van der Waals surface area contributed by atoms with Gasteiger partial charge in [-0.15, -0.1) is 0 Å². The SMILES string of the molecule is CCCN1C(=O)C(Nc2cccc(Br)c2)=C(c2ccc(OC(C)C)cc2)C1=O. The third-order valence-corrected chi connectivity index (χ3v) is 4.72. The van der Waals surface area contributed by atoms with Crippen molar-refractivity contribution < 1.29 is 14.3 Å². The molecule has 2 aromatic carbocycles. The largest absolute Gasteiger partial charge is 0.491 e. The maximum absolute atomic E-state index is 13.0. The highest BCUT2D eigenvalue weighted by atomic mass is 79.9. The molecule has 0 spiro atoms. The normalized spacial score (nSPS) is 14.2. The number of amides is 2. The Bertz CT molecular complexity index is 920. The van der Waals surface area contributed by atoms with E-state index in [9.17, 15) is 9.59 Å². The molecule has 5 nitrogen and oxygen atoms in total. The summed E-state index contributed by atoms with van der Waals surface area (Å²) in [6, 6.07) is 14.8. The molecule has 0 bridgehead atoms. The van der Waals surface area contributed by atoms with E-state index >= 15 is 0 Å². The number of anilines is 1. The molecular formula is C22H23BrN2O3. The Hall–Kier alpha value is -2.60. The summed E-state index contributed by atoms with van der Waals surface area (Å²) >= 11 is 3.43. The van der Waals surface area contributed by atoms with Gasteiger partial charge >= 0.3 is 0 Å². The van der Waals surface area contributed by atoms with Gasteiger partial charge in [0.05, 0.1) is 11.7 Å². The Balaban J connectivity index is 2.01. The fourth-order valence-electron chi connectivity index (χ4n) is 3.07. The summed E-state index contributed by atoms with van der Waals surface area (Å²) in [5, 5.41) is 3.15. The van der Waals surface area contributed by atoms with Crippen LogP contribution in [-0.4, -0.2) is 29.4 Å². The Labute approximate surface area is 173 Å². The lowest BCUT2D eigenvalue weighted by atomic mass is 10.0. The second-order valence-electron chi connectivity index (χ2n) is 6.84. The first-order valence-electron chi connectivity index (χ1n) is 9.31. The number of nitrogens with one attached hydrogen (secondary N) is 1. The van der Waals surface area contributed by atoms with E-state index in [1.165, 1.54) is 4.90 Å². The van der Waals surface area contributed by atoms with Gasteiger partial charge in [-0.2, -0.15) is 0 Å². The van der Waals surface area contributed by atoms with Gasteiger partial charge in [0.15, 0.2) is 0 Å². The number of hydrogen-bond donors (Lipinski definition) is 1. The van der Waals surface area contributed by atoms with Crippen LogP contribution in [0.4, 0.5) is 5.69 Å². The third kappa shape index (κ3) is 4.28. The molecule has 0 saturated heterocycles. The second kappa shape index (κ2) is 8.61. The standard InChI is InChI=1S/C22H23BrN2O3/c1-4-12-25-21(26)19(15-8-10-18(11-9-15)28-14(2)3)20(22(25)27)24-17-7-5-6-16(23)13-17/h5-11,13-14,24H,4,12H2,1-3H3. The van der Waals surface area contributed by atoms with Crippen molar-refractivity contribution in [3.8, 4) is 5.75 Å². The number of rotatable bonds is 7. The molecule has 6 heteroatoms. The molecule has 0 aromatic heterocycles. The Morgan fingerprint density at radius 3 is 2.39 bits per heavy atom. The summed E-state index contributed by atoms with van der Waals surface area (Å²) in [5.74, 6) is 0.147. The summed E-state index contributed by atoms with van der Waals surface area (Å²) in [6.45, 7) is 6.24. The molecule has 3 rings (SSSR count). The van der Waals surface area contributed by atoms with Crippen LogP contribution in [-0.2, 0) is 9.59 Å². The molecule has 1 N–H and O–H groups in total. The molecule has 1 aliphatic rings. The zero-order valence-corrected chi connectivity index (χ0v) is 17.7. The predicted octanol–water partition coefficient (Wildman–Crippen LogP) is 4.84.